The summed E-state index contributed by atoms with van der Waals surface area (Å²) < 4.78 is 0. The van der Waals surface area contributed by atoms with Gasteiger partial charge in [0.1, 0.15) is 0 Å². The first-order valence-electron chi connectivity index (χ1n) is 8.02. The minimum Gasteiger partial charge on any atom is -0.321 e. The molecule has 0 saturated heterocycles. The molecule has 110 valence electrons. The molecule has 21 heavy (non-hydrogen) atoms. The van der Waals surface area contributed by atoms with Crippen molar-refractivity contribution in [3.8, 4) is 0 Å². The summed E-state index contributed by atoms with van der Waals surface area (Å²) in [6.07, 6.45) is 4.20. The first kappa shape index (κ1) is 14.3. The van der Waals surface area contributed by atoms with E-state index in [2.05, 4.69) is 62.4 Å². The lowest BCUT2D eigenvalue weighted by Crippen LogP contribution is -2.42. The Bertz CT molecular complexity index is 629. The van der Waals surface area contributed by atoms with Gasteiger partial charge in [-0.05, 0) is 53.9 Å². The van der Waals surface area contributed by atoms with Crippen molar-refractivity contribution in [2.24, 2.45) is 11.7 Å². The van der Waals surface area contributed by atoms with Crippen molar-refractivity contribution in [1.29, 1.82) is 0 Å². The van der Waals surface area contributed by atoms with E-state index in [0.29, 0.717) is 5.92 Å². The molecule has 1 nitrogen and oxygen atoms in total. The Balaban J connectivity index is 1.90. The van der Waals surface area contributed by atoms with Crippen LogP contribution in [-0.2, 0) is 24.8 Å². The van der Waals surface area contributed by atoms with E-state index in [9.17, 15) is 0 Å². The number of aryl methyl sites for hydroxylation is 1. The molecule has 2 aromatic carbocycles. The molecule has 1 aliphatic rings. The summed E-state index contributed by atoms with van der Waals surface area (Å²) in [6, 6.07) is 17.7. The molecule has 0 aliphatic heterocycles. The predicted octanol–water partition coefficient (Wildman–Crippen LogP) is 4.23. The Morgan fingerprint density at radius 3 is 2.57 bits per heavy atom. The van der Waals surface area contributed by atoms with Crippen LogP contribution in [0.1, 0.15) is 42.5 Å². The van der Waals surface area contributed by atoms with Gasteiger partial charge in [0, 0.05) is 5.54 Å². The molecule has 0 fully saturated rings. The zero-order chi connectivity index (χ0) is 14.9. The second kappa shape index (κ2) is 5.65. The Morgan fingerprint density at radius 1 is 1.05 bits per heavy atom. The van der Waals surface area contributed by atoms with E-state index in [4.69, 9.17) is 5.73 Å². The first-order valence-corrected chi connectivity index (χ1v) is 8.02. The molecule has 2 N–H and O–H groups in total. The highest BCUT2D eigenvalue weighted by Gasteiger charge is 2.32. The normalized spacial score (nSPS) is 21.3. The van der Waals surface area contributed by atoms with Crippen molar-refractivity contribution in [3.05, 3.63) is 70.8 Å². The number of fused-ring (bicyclic) bond motifs is 1. The molecular weight excluding hydrogens is 254 g/mol. The molecule has 0 bridgehead atoms. The van der Waals surface area contributed by atoms with Crippen molar-refractivity contribution in [2.45, 2.75) is 45.1 Å². The van der Waals surface area contributed by atoms with Crippen LogP contribution in [-0.4, -0.2) is 0 Å². The molecule has 0 aromatic heterocycles. The molecule has 0 spiro atoms. The third kappa shape index (κ3) is 3.03. The maximum Gasteiger partial charge on any atom is 0.0453 e. The van der Waals surface area contributed by atoms with Gasteiger partial charge in [-0.3, -0.25) is 0 Å². The van der Waals surface area contributed by atoms with Crippen molar-refractivity contribution in [2.75, 3.05) is 0 Å². The SMILES string of the molecule is CC(C)Cc1cccc(C2(N)CCc3ccccc3C2)c1. The van der Waals surface area contributed by atoms with Gasteiger partial charge in [0.05, 0.1) is 0 Å². The average Bonchev–Trinajstić information content (AvgIpc) is 2.47. The van der Waals surface area contributed by atoms with Crippen LogP contribution in [0.5, 0.6) is 0 Å². The van der Waals surface area contributed by atoms with Gasteiger partial charge in [-0.2, -0.15) is 0 Å². The van der Waals surface area contributed by atoms with Crippen molar-refractivity contribution in [3.63, 3.8) is 0 Å². The summed E-state index contributed by atoms with van der Waals surface area (Å²) in [5.74, 6) is 0.682. The predicted molar refractivity (Wildman–Crippen MR) is 89.3 cm³/mol. The fourth-order valence-electron chi connectivity index (χ4n) is 3.49. The lowest BCUT2D eigenvalue weighted by molar-refractivity contribution is 0.385. The van der Waals surface area contributed by atoms with Gasteiger partial charge in [-0.15, -0.1) is 0 Å². The van der Waals surface area contributed by atoms with Crippen LogP contribution in [0.15, 0.2) is 48.5 Å². The van der Waals surface area contributed by atoms with E-state index in [1.807, 2.05) is 0 Å². The van der Waals surface area contributed by atoms with E-state index >= 15 is 0 Å². The third-order valence-corrected chi connectivity index (χ3v) is 4.61. The lowest BCUT2D eigenvalue weighted by Gasteiger charge is -2.35. The van der Waals surface area contributed by atoms with Gasteiger partial charge < -0.3 is 5.73 Å². The molecule has 1 heteroatoms. The summed E-state index contributed by atoms with van der Waals surface area (Å²) in [7, 11) is 0. The molecular formula is C20H25N. The fraction of sp³-hybridized carbons (Fsp3) is 0.400. The highest BCUT2D eigenvalue weighted by molar-refractivity contribution is 5.38. The Hall–Kier alpha value is -1.60. The van der Waals surface area contributed by atoms with E-state index in [-0.39, 0.29) is 5.54 Å². The van der Waals surface area contributed by atoms with E-state index in [1.165, 1.54) is 22.3 Å². The van der Waals surface area contributed by atoms with Gasteiger partial charge in [0.2, 0.25) is 0 Å². The smallest absolute Gasteiger partial charge is 0.0453 e. The minimum absolute atomic E-state index is 0.207. The van der Waals surface area contributed by atoms with Crippen LogP contribution in [0.3, 0.4) is 0 Å². The highest BCUT2D eigenvalue weighted by atomic mass is 14.7. The van der Waals surface area contributed by atoms with Crippen molar-refractivity contribution in [1.82, 2.24) is 0 Å². The summed E-state index contributed by atoms with van der Waals surface area (Å²) in [6.45, 7) is 4.53. The maximum absolute atomic E-state index is 6.79. The molecule has 0 saturated carbocycles. The maximum atomic E-state index is 6.79. The standard InChI is InChI=1S/C20H25N/c1-15(2)12-16-6-5-9-19(13-16)20(21)11-10-17-7-3-4-8-18(17)14-20/h3-9,13,15H,10-12,14,21H2,1-2H3. The largest absolute Gasteiger partial charge is 0.321 e. The van der Waals surface area contributed by atoms with Crippen LogP contribution in [0.25, 0.3) is 0 Å². The van der Waals surface area contributed by atoms with Gasteiger partial charge in [0.15, 0.2) is 0 Å². The Kier molecular flexibility index (Phi) is 3.86. The van der Waals surface area contributed by atoms with Crippen LogP contribution in [0.2, 0.25) is 0 Å². The van der Waals surface area contributed by atoms with Gasteiger partial charge in [-0.1, -0.05) is 62.4 Å². The molecule has 1 atom stereocenters. The number of rotatable bonds is 3. The van der Waals surface area contributed by atoms with Gasteiger partial charge in [-0.25, -0.2) is 0 Å². The molecule has 1 aliphatic carbocycles. The topological polar surface area (TPSA) is 26.0 Å². The summed E-state index contributed by atoms with van der Waals surface area (Å²) >= 11 is 0. The third-order valence-electron chi connectivity index (χ3n) is 4.61. The van der Waals surface area contributed by atoms with Crippen LogP contribution in [0.4, 0.5) is 0 Å². The van der Waals surface area contributed by atoms with Gasteiger partial charge >= 0.3 is 0 Å². The number of benzene rings is 2. The fourth-order valence-corrected chi connectivity index (χ4v) is 3.49. The van der Waals surface area contributed by atoms with Crippen LogP contribution < -0.4 is 5.73 Å². The number of hydrogen-bond donors (Lipinski definition) is 1. The summed E-state index contributed by atoms with van der Waals surface area (Å²) in [5.41, 5.74) is 12.2. The Morgan fingerprint density at radius 2 is 1.81 bits per heavy atom. The minimum atomic E-state index is -0.207. The monoisotopic (exact) mass is 279 g/mol. The first-order chi connectivity index (χ1) is 10.1. The van der Waals surface area contributed by atoms with Crippen molar-refractivity contribution < 1.29 is 0 Å². The molecule has 1 unspecified atom stereocenters. The second-order valence-corrected chi connectivity index (χ2v) is 6.90. The second-order valence-electron chi connectivity index (χ2n) is 6.90. The Labute approximate surface area is 128 Å². The molecule has 0 heterocycles. The quantitative estimate of drug-likeness (QED) is 0.894. The van der Waals surface area contributed by atoms with Crippen molar-refractivity contribution >= 4 is 0 Å². The van der Waals surface area contributed by atoms with E-state index in [0.717, 1.165) is 25.7 Å². The average molecular weight is 279 g/mol. The summed E-state index contributed by atoms with van der Waals surface area (Å²) in [5, 5.41) is 0. The van der Waals surface area contributed by atoms with Gasteiger partial charge in [0.25, 0.3) is 0 Å². The number of hydrogen-bond acceptors (Lipinski definition) is 1. The van der Waals surface area contributed by atoms with E-state index in [1.54, 1.807) is 0 Å². The molecule has 2 aromatic rings. The molecule has 0 amide bonds. The lowest BCUT2D eigenvalue weighted by atomic mass is 9.74. The molecule has 3 rings (SSSR count). The zero-order valence-corrected chi connectivity index (χ0v) is 13.1. The van der Waals surface area contributed by atoms with E-state index < -0.39 is 0 Å². The van der Waals surface area contributed by atoms with Crippen LogP contribution in [0, 0.1) is 5.92 Å². The van der Waals surface area contributed by atoms with Crippen LogP contribution >= 0.6 is 0 Å². The number of nitrogens with two attached hydrogens (primary N) is 1. The highest BCUT2D eigenvalue weighted by Crippen LogP contribution is 2.34. The summed E-state index contributed by atoms with van der Waals surface area (Å²) in [4.78, 5) is 0. The molecule has 0 radical (unpaired) electrons. The zero-order valence-electron chi connectivity index (χ0n) is 13.1.